The van der Waals surface area contributed by atoms with Gasteiger partial charge in [0.1, 0.15) is 0 Å². The normalized spacial score (nSPS) is 12.1. The minimum Gasteiger partial charge on any atom is -0.293 e. The highest BCUT2D eigenvalue weighted by Gasteiger charge is 2.13. The van der Waals surface area contributed by atoms with Crippen LogP contribution in [0.3, 0.4) is 0 Å². The summed E-state index contributed by atoms with van der Waals surface area (Å²) in [5.41, 5.74) is 1.57. The third-order valence-corrected chi connectivity index (χ3v) is 4.57. The number of Topliss-reactive ketones (excluding diaryl/α,β-unsaturated/α-hetero) is 1. The first-order chi connectivity index (χ1) is 9.16. The second kappa shape index (κ2) is 6.78. The summed E-state index contributed by atoms with van der Waals surface area (Å²) in [6.45, 7) is 0. The largest absolute Gasteiger partial charge is 0.293 e. The van der Waals surface area contributed by atoms with Crippen molar-refractivity contribution in [3.05, 3.63) is 70.2 Å². The summed E-state index contributed by atoms with van der Waals surface area (Å²) < 4.78 is 12.7. The van der Waals surface area contributed by atoms with Crippen molar-refractivity contribution in [3.8, 4) is 0 Å². The zero-order valence-electron chi connectivity index (χ0n) is 10.2. The van der Waals surface area contributed by atoms with Gasteiger partial charge in [0.25, 0.3) is 0 Å². The van der Waals surface area contributed by atoms with Crippen LogP contribution in [-0.4, -0.2) is 15.7 Å². The van der Waals surface area contributed by atoms with E-state index >= 15 is 0 Å². The molecule has 0 heterocycles. The molecule has 0 radical (unpaired) electrons. The van der Waals surface area contributed by atoms with Gasteiger partial charge in [-0.2, -0.15) is 0 Å². The molecule has 2 aromatic carbocycles. The minimum absolute atomic E-state index is 0.0531. The summed E-state index contributed by atoms with van der Waals surface area (Å²) in [6, 6.07) is 16.8. The van der Waals surface area contributed by atoms with Crippen molar-refractivity contribution in [2.75, 3.05) is 5.75 Å². The molecule has 0 amide bonds. The topological polar surface area (TPSA) is 34.1 Å². The lowest BCUT2D eigenvalue weighted by atomic mass is 10.1. The van der Waals surface area contributed by atoms with E-state index in [1.807, 2.05) is 42.5 Å². The van der Waals surface area contributed by atoms with Crippen LogP contribution in [0.2, 0.25) is 0 Å². The van der Waals surface area contributed by atoms with Crippen LogP contribution in [0.4, 0.5) is 0 Å². The summed E-state index contributed by atoms with van der Waals surface area (Å²) >= 11 is 3.33. The average molecular weight is 337 g/mol. The lowest BCUT2D eigenvalue weighted by molar-refractivity contribution is 0.102. The van der Waals surface area contributed by atoms with Crippen LogP contribution in [0, 0.1) is 0 Å². The molecule has 0 aliphatic heterocycles. The van der Waals surface area contributed by atoms with Gasteiger partial charge in [0.2, 0.25) is 0 Å². The fourth-order valence-corrected chi connectivity index (χ4v) is 3.34. The van der Waals surface area contributed by atoms with Crippen molar-refractivity contribution >= 4 is 32.5 Å². The lowest BCUT2D eigenvalue weighted by Crippen LogP contribution is -2.12. The van der Waals surface area contributed by atoms with Gasteiger partial charge in [0.05, 0.1) is 5.75 Å². The molecule has 1 atom stereocenters. The van der Waals surface area contributed by atoms with Crippen LogP contribution in [0.5, 0.6) is 0 Å². The Hall–Kier alpha value is -1.26. The van der Waals surface area contributed by atoms with Gasteiger partial charge in [-0.15, -0.1) is 0 Å². The summed E-state index contributed by atoms with van der Waals surface area (Å²) in [6.07, 6.45) is 0. The monoisotopic (exact) mass is 336 g/mol. The molecule has 2 nitrogen and oxygen atoms in total. The van der Waals surface area contributed by atoms with Crippen molar-refractivity contribution in [2.45, 2.75) is 5.75 Å². The number of hydrogen-bond donors (Lipinski definition) is 0. The number of carbonyl (C=O) groups excluding carboxylic acids is 1. The molecule has 0 aromatic heterocycles. The number of halogens is 1. The first kappa shape index (κ1) is 14.2. The van der Waals surface area contributed by atoms with Crippen molar-refractivity contribution in [2.24, 2.45) is 0 Å². The molecule has 0 saturated heterocycles. The Morgan fingerprint density at radius 3 is 2.32 bits per heavy atom. The molecule has 0 N–H and O–H groups in total. The molecule has 1 unspecified atom stereocenters. The third-order valence-electron chi connectivity index (χ3n) is 2.64. The van der Waals surface area contributed by atoms with Crippen LogP contribution in [0.1, 0.15) is 15.9 Å². The molecular formula is C15H13BrO2S. The van der Waals surface area contributed by atoms with E-state index in [0.717, 1.165) is 10.0 Å². The Morgan fingerprint density at radius 2 is 1.63 bits per heavy atom. The predicted molar refractivity (Wildman–Crippen MR) is 81.6 cm³/mol. The second-order valence-electron chi connectivity index (χ2n) is 4.12. The SMILES string of the molecule is O=C(CS(=O)Cc1ccccc1)c1ccccc1Br. The highest BCUT2D eigenvalue weighted by Crippen LogP contribution is 2.17. The first-order valence-electron chi connectivity index (χ1n) is 5.83. The zero-order valence-corrected chi connectivity index (χ0v) is 12.6. The van der Waals surface area contributed by atoms with E-state index in [1.165, 1.54) is 0 Å². The maximum atomic E-state index is 12.0. The van der Waals surface area contributed by atoms with Crippen LogP contribution in [-0.2, 0) is 16.6 Å². The Morgan fingerprint density at radius 1 is 1.00 bits per heavy atom. The van der Waals surface area contributed by atoms with Crippen LogP contribution in [0.15, 0.2) is 59.1 Å². The van der Waals surface area contributed by atoms with Crippen molar-refractivity contribution in [1.29, 1.82) is 0 Å². The van der Waals surface area contributed by atoms with Crippen LogP contribution in [0.25, 0.3) is 0 Å². The smallest absolute Gasteiger partial charge is 0.176 e. The van der Waals surface area contributed by atoms with Crippen molar-refractivity contribution in [3.63, 3.8) is 0 Å². The molecule has 0 aliphatic carbocycles. The van der Waals surface area contributed by atoms with Gasteiger partial charge in [0.15, 0.2) is 5.78 Å². The summed E-state index contributed by atoms with van der Waals surface area (Å²) in [7, 11) is -1.18. The van der Waals surface area contributed by atoms with Crippen molar-refractivity contribution in [1.82, 2.24) is 0 Å². The highest BCUT2D eigenvalue weighted by molar-refractivity contribution is 9.10. The van der Waals surface area contributed by atoms with Crippen LogP contribution >= 0.6 is 15.9 Å². The molecule has 0 aliphatic rings. The number of carbonyl (C=O) groups is 1. The Labute approximate surface area is 123 Å². The zero-order chi connectivity index (χ0) is 13.7. The first-order valence-corrected chi connectivity index (χ1v) is 8.11. The summed E-state index contributed by atoms with van der Waals surface area (Å²) in [4.78, 5) is 12.0. The Bertz CT molecular complexity index is 596. The standard InChI is InChI=1S/C15H13BrO2S/c16-14-9-5-4-8-13(14)15(17)11-19(18)10-12-6-2-1-3-7-12/h1-9H,10-11H2. The third kappa shape index (κ3) is 4.11. The maximum Gasteiger partial charge on any atom is 0.176 e. The average Bonchev–Trinajstić information content (AvgIpc) is 2.40. The van der Waals surface area contributed by atoms with E-state index in [2.05, 4.69) is 15.9 Å². The van der Waals surface area contributed by atoms with Gasteiger partial charge in [0, 0.05) is 26.6 Å². The molecule has 2 aromatic rings. The van der Waals surface area contributed by atoms with Crippen molar-refractivity contribution < 1.29 is 9.00 Å². The molecule has 19 heavy (non-hydrogen) atoms. The molecule has 0 saturated carbocycles. The van der Waals surface area contributed by atoms with E-state index in [1.54, 1.807) is 12.1 Å². The molecule has 2 rings (SSSR count). The quantitative estimate of drug-likeness (QED) is 0.782. The van der Waals surface area contributed by atoms with E-state index in [9.17, 15) is 9.00 Å². The highest BCUT2D eigenvalue weighted by atomic mass is 79.9. The van der Waals surface area contributed by atoms with E-state index in [0.29, 0.717) is 11.3 Å². The van der Waals surface area contributed by atoms with E-state index in [4.69, 9.17) is 0 Å². The van der Waals surface area contributed by atoms with Gasteiger partial charge in [-0.05, 0) is 11.6 Å². The van der Waals surface area contributed by atoms with Gasteiger partial charge in [-0.25, -0.2) is 0 Å². The van der Waals surface area contributed by atoms with Gasteiger partial charge < -0.3 is 0 Å². The summed E-state index contributed by atoms with van der Waals surface area (Å²) in [5, 5.41) is 0. The van der Waals surface area contributed by atoms with E-state index < -0.39 is 10.8 Å². The van der Waals surface area contributed by atoms with Gasteiger partial charge in [-0.3, -0.25) is 9.00 Å². The number of hydrogen-bond acceptors (Lipinski definition) is 2. The molecule has 4 heteroatoms. The number of ketones is 1. The molecule has 98 valence electrons. The van der Waals surface area contributed by atoms with Gasteiger partial charge >= 0.3 is 0 Å². The van der Waals surface area contributed by atoms with Gasteiger partial charge in [-0.1, -0.05) is 64.5 Å². The van der Waals surface area contributed by atoms with E-state index in [-0.39, 0.29) is 11.5 Å². The number of benzene rings is 2. The second-order valence-corrected chi connectivity index (χ2v) is 6.43. The molecular weight excluding hydrogens is 324 g/mol. The van der Waals surface area contributed by atoms with Crippen LogP contribution < -0.4 is 0 Å². The molecule has 0 fully saturated rings. The Kier molecular flexibility index (Phi) is 5.05. The fraction of sp³-hybridized carbons (Fsp3) is 0.133. The minimum atomic E-state index is -1.18. The number of rotatable bonds is 5. The lowest BCUT2D eigenvalue weighted by Gasteiger charge is -2.04. The fourth-order valence-electron chi connectivity index (χ4n) is 1.72. The Balaban J connectivity index is 2.00. The summed E-state index contributed by atoms with van der Waals surface area (Å²) in [5.74, 6) is 0.371. The predicted octanol–water partition coefficient (Wildman–Crippen LogP) is 3.58. The maximum absolute atomic E-state index is 12.0. The molecule has 0 spiro atoms. The molecule has 0 bridgehead atoms.